The van der Waals surface area contributed by atoms with Crippen LogP contribution in [0.15, 0.2) is 58.2 Å². The highest BCUT2D eigenvalue weighted by Gasteiger charge is 2.30. The third-order valence-electron chi connectivity index (χ3n) is 3.65. The number of thioether (sulfide) groups is 1. The van der Waals surface area contributed by atoms with E-state index in [2.05, 4.69) is 15.5 Å². The lowest BCUT2D eigenvalue weighted by Gasteiger charge is -2.09. The maximum absolute atomic E-state index is 12.7. The topological polar surface area (TPSA) is 86.5 Å². The fourth-order valence-electron chi connectivity index (χ4n) is 2.29. The van der Waals surface area contributed by atoms with Crippen molar-refractivity contribution in [3.63, 3.8) is 0 Å². The smallest absolute Gasteiger partial charge is 0.416 e. The first kappa shape index (κ1) is 21.5. The first-order valence-electron chi connectivity index (χ1n) is 8.52. The molecule has 11 heteroatoms. The van der Waals surface area contributed by atoms with Gasteiger partial charge in [-0.05, 0) is 30.3 Å². The molecule has 0 aliphatic rings. The Morgan fingerprint density at radius 2 is 1.90 bits per heavy atom. The molecule has 0 fully saturated rings. The maximum Gasteiger partial charge on any atom is 0.416 e. The van der Waals surface area contributed by atoms with E-state index in [1.165, 1.54) is 12.1 Å². The van der Waals surface area contributed by atoms with E-state index in [0.717, 1.165) is 23.9 Å². The summed E-state index contributed by atoms with van der Waals surface area (Å²) in [5.74, 6) is 0.780. The van der Waals surface area contributed by atoms with E-state index in [4.69, 9.17) is 13.9 Å². The summed E-state index contributed by atoms with van der Waals surface area (Å²) in [5, 5.41) is 10.2. The number of ether oxygens (including phenoxy) is 2. The van der Waals surface area contributed by atoms with Crippen LogP contribution in [0.3, 0.4) is 0 Å². The molecule has 0 aliphatic heterocycles. The van der Waals surface area contributed by atoms with Crippen molar-refractivity contribution in [2.75, 3.05) is 18.2 Å². The van der Waals surface area contributed by atoms with Crippen molar-refractivity contribution in [1.82, 2.24) is 10.2 Å². The average molecular weight is 439 g/mol. The monoisotopic (exact) mass is 439 g/mol. The van der Waals surface area contributed by atoms with Gasteiger partial charge in [0.25, 0.3) is 11.1 Å². The highest BCUT2D eigenvalue weighted by atomic mass is 32.2. The summed E-state index contributed by atoms with van der Waals surface area (Å²) in [6, 6.07) is 11.4. The molecule has 0 saturated carbocycles. The summed E-state index contributed by atoms with van der Waals surface area (Å²) in [6.07, 6.45) is -4.48. The Bertz CT molecular complexity index is 1010. The van der Waals surface area contributed by atoms with Crippen LogP contribution in [0.1, 0.15) is 11.5 Å². The lowest BCUT2D eigenvalue weighted by molar-refractivity contribution is -0.137. The quantitative estimate of drug-likeness (QED) is 0.521. The number of benzene rings is 2. The molecule has 0 spiro atoms. The van der Waals surface area contributed by atoms with E-state index in [1.54, 1.807) is 31.4 Å². The Morgan fingerprint density at radius 1 is 1.13 bits per heavy atom. The molecule has 2 aromatic carbocycles. The number of halogens is 3. The number of nitrogens with one attached hydrogen (secondary N) is 1. The average Bonchev–Trinajstić information content (AvgIpc) is 3.18. The number of nitrogens with zero attached hydrogens (tertiary/aromatic N) is 2. The van der Waals surface area contributed by atoms with Crippen LogP contribution >= 0.6 is 11.8 Å². The number of hydrogen-bond acceptors (Lipinski definition) is 7. The maximum atomic E-state index is 12.7. The van der Waals surface area contributed by atoms with Crippen molar-refractivity contribution in [3.05, 3.63) is 60.0 Å². The highest BCUT2D eigenvalue weighted by molar-refractivity contribution is 7.99. The molecular formula is C19H16F3N3O4S. The Hall–Kier alpha value is -3.21. The van der Waals surface area contributed by atoms with Gasteiger partial charge in [-0.25, -0.2) is 0 Å². The summed E-state index contributed by atoms with van der Waals surface area (Å²) < 4.78 is 54.2. The minimum Gasteiger partial charge on any atom is -0.497 e. The summed E-state index contributed by atoms with van der Waals surface area (Å²) in [4.78, 5) is 12.0. The van der Waals surface area contributed by atoms with E-state index in [-0.39, 0.29) is 29.2 Å². The van der Waals surface area contributed by atoms with Crippen molar-refractivity contribution < 1.29 is 31.9 Å². The zero-order valence-corrected chi connectivity index (χ0v) is 16.4. The van der Waals surface area contributed by atoms with E-state index in [0.29, 0.717) is 11.5 Å². The molecule has 1 aromatic heterocycles. The standard InChI is InChI=1S/C19H16F3N3O4S/c1-27-14-6-3-7-15(9-14)28-10-17-24-25-18(29-17)30-11-16(26)23-13-5-2-4-12(8-13)19(20,21)22/h2-9H,10-11H2,1H3,(H,23,26). The van der Waals surface area contributed by atoms with Crippen molar-refractivity contribution in [2.24, 2.45) is 0 Å². The minimum absolute atomic E-state index is 0.0250. The second-order valence-corrected chi connectivity index (χ2v) is 6.77. The highest BCUT2D eigenvalue weighted by Crippen LogP contribution is 2.30. The van der Waals surface area contributed by atoms with Gasteiger partial charge in [-0.2, -0.15) is 13.2 Å². The van der Waals surface area contributed by atoms with Gasteiger partial charge in [-0.3, -0.25) is 4.79 Å². The molecule has 3 aromatic rings. The summed E-state index contributed by atoms with van der Waals surface area (Å²) in [6.45, 7) is 0.0250. The molecule has 0 saturated heterocycles. The van der Waals surface area contributed by atoms with Gasteiger partial charge in [0.1, 0.15) is 11.5 Å². The fourth-order valence-corrected chi connectivity index (χ4v) is 2.87. The first-order valence-corrected chi connectivity index (χ1v) is 9.51. The third kappa shape index (κ3) is 6.14. The van der Waals surface area contributed by atoms with Gasteiger partial charge in [0.15, 0.2) is 6.61 Å². The lowest BCUT2D eigenvalue weighted by Crippen LogP contribution is -2.15. The van der Waals surface area contributed by atoms with Gasteiger partial charge >= 0.3 is 6.18 Å². The number of hydrogen-bond donors (Lipinski definition) is 1. The molecule has 7 nitrogen and oxygen atoms in total. The summed E-state index contributed by atoms with van der Waals surface area (Å²) in [7, 11) is 1.55. The molecule has 0 atom stereocenters. The number of methoxy groups -OCH3 is 1. The molecular weight excluding hydrogens is 423 g/mol. The third-order valence-corrected chi connectivity index (χ3v) is 4.47. The number of carbonyl (C=O) groups is 1. The Morgan fingerprint density at radius 3 is 2.67 bits per heavy atom. The number of alkyl halides is 3. The van der Waals surface area contributed by atoms with Crippen LogP contribution < -0.4 is 14.8 Å². The molecule has 0 radical (unpaired) electrons. The summed E-state index contributed by atoms with van der Waals surface area (Å²) >= 11 is 0.956. The van der Waals surface area contributed by atoms with Gasteiger partial charge in [0.2, 0.25) is 5.91 Å². The first-order chi connectivity index (χ1) is 14.3. The predicted octanol–water partition coefficient (Wildman–Crippen LogP) is 4.41. The SMILES string of the molecule is COc1cccc(OCc2nnc(SCC(=O)Nc3cccc(C(F)(F)F)c3)o2)c1. The lowest BCUT2D eigenvalue weighted by atomic mass is 10.2. The predicted molar refractivity (Wildman–Crippen MR) is 102 cm³/mol. The van der Waals surface area contributed by atoms with Crippen LogP contribution in [0.4, 0.5) is 18.9 Å². The number of carbonyl (C=O) groups excluding carboxylic acids is 1. The van der Waals surface area contributed by atoms with Crippen LogP contribution in [0, 0.1) is 0 Å². The fraction of sp³-hybridized carbons (Fsp3) is 0.211. The number of aromatic nitrogens is 2. The zero-order valence-electron chi connectivity index (χ0n) is 15.6. The minimum atomic E-state index is -4.48. The van der Waals surface area contributed by atoms with E-state index in [1.807, 2.05) is 0 Å². The Kier molecular flexibility index (Phi) is 6.83. The molecule has 3 rings (SSSR count). The molecule has 0 bridgehead atoms. The van der Waals surface area contributed by atoms with Crippen LogP contribution in [0.2, 0.25) is 0 Å². The molecule has 158 valence electrons. The van der Waals surface area contributed by atoms with E-state index >= 15 is 0 Å². The van der Waals surface area contributed by atoms with Crippen LogP contribution in [0.5, 0.6) is 11.5 Å². The number of amides is 1. The van der Waals surface area contributed by atoms with Gasteiger partial charge in [0.05, 0.1) is 18.4 Å². The second-order valence-electron chi connectivity index (χ2n) is 5.84. The van der Waals surface area contributed by atoms with Gasteiger partial charge in [-0.15, -0.1) is 10.2 Å². The van der Waals surface area contributed by atoms with Gasteiger partial charge in [-0.1, -0.05) is 23.9 Å². The van der Waals surface area contributed by atoms with Gasteiger partial charge < -0.3 is 19.2 Å². The molecule has 0 unspecified atom stereocenters. The van der Waals surface area contributed by atoms with Crippen molar-refractivity contribution in [1.29, 1.82) is 0 Å². The van der Waals surface area contributed by atoms with E-state index < -0.39 is 17.6 Å². The molecule has 30 heavy (non-hydrogen) atoms. The van der Waals surface area contributed by atoms with Crippen molar-refractivity contribution >= 4 is 23.4 Å². The second kappa shape index (κ2) is 9.53. The zero-order chi connectivity index (χ0) is 21.6. The van der Waals surface area contributed by atoms with Gasteiger partial charge in [0, 0.05) is 11.8 Å². The Balaban J connectivity index is 1.48. The molecule has 1 heterocycles. The number of anilines is 1. The number of rotatable bonds is 8. The summed E-state index contributed by atoms with van der Waals surface area (Å²) in [5.41, 5.74) is -0.793. The normalized spacial score (nSPS) is 11.2. The Labute approximate surface area is 173 Å². The van der Waals surface area contributed by atoms with Crippen LogP contribution in [-0.2, 0) is 17.6 Å². The molecule has 1 amide bonds. The van der Waals surface area contributed by atoms with E-state index in [9.17, 15) is 18.0 Å². The molecule has 1 N–H and O–H groups in total. The molecule has 0 aliphatic carbocycles. The largest absolute Gasteiger partial charge is 0.497 e. The van der Waals surface area contributed by atoms with Crippen molar-refractivity contribution in [2.45, 2.75) is 18.0 Å². The van der Waals surface area contributed by atoms with Crippen LogP contribution in [0.25, 0.3) is 0 Å². The van der Waals surface area contributed by atoms with Crippen LogP contribution in [-0.4, -0.2) is 29.0 Å². The van der Waals surface area contributed by atoms with Crippen molar-refractivity contribution in [3.8, 4) is 11.5 Å².